The summed E-state index contributed by atoms with van der Waals surface area (Å²) in [5.74, 6) is -2.55. The van der Waals surface area contributed by atoms with Crippen molar-refractivity contribution in [3.63, 3.8) is 0 Å². The van der Waals surface area contributed by atoms with E-state index in [0.29, 0.717) is 0 Å². The quantitative estimate of drug-likeness (QED) is 0.461. The summed E-state index contributed by atoms with van der Waals surface area (Å²) in [4.78, 5) is 24.1. The van der Waals surface area contributed by atoms with Gasteiger partial charge in [-0.05, 0) is 24.6 Å². The maximum Gasteiger partial charge on any atom is 0.348 e. The maximum absolute atomic E-state index is 12.1. The van der Waals surface area contributed by atoms with Gasteiger partial charge in [0.25, 0.3) is 5.79 Å². The second-order valence-corrected chi connectivity index (χ2v) is 5.82. The Bertz CT molecular complexity index is 766. The van der Waals surface area contributed by atoms with Crippen LogP contribution in [0.2, 0.25) is 0 Å². The molecule has 5 nitrogen and oxygen atoms in total. The first-order chi connectivity index (χ1) is 10.3. The molecule has 22 heavy (non-hydrogen) atoms. The summed E-state index contributed by atoms with van der Waals surface area (Å²) in [6.07, 6.45) is 1.54. The molecular formula is C17H17NO4. The Balaban J connectivity index is 2.13. The highest BCUT2D eigenvalue weighted by Crippen LogP contribution is 2.29. The van der Waals surface area contributed by atoms with E-state index in [1.54, 1.807) is 0 Å². The van der Waals surface area contributed by atoms with Gasteiger partial charge in [0, 0.05) is 37.5 Å². The number of hydrogen-bond donors (Lipinski definition) is 0. The fourth-order valence-corrected chi connectivity index (χ4v) is 2.72. The van der Waals surface area contributed by atoms with Gasteiger partial charge in [-0.25, -0.2) is 9.59 Å². The lowest BCUT2D eigenvalue weighted by molar-refractivity contribution is -0.222. The zero-order valence-electron chi connectivity index (χ0n) is 13.0. The van der Waals surface area contributed by atoms with Crippen LogP contribution in [-0.4, -0.2) is 22.3 Å². The maximum atomic E-state index is 12.1. The van der Waals surface area contributed by atoms with Crippen molar-refractivity contribution in [3.8, 4) is 0 Å². The number of carbonyl (C=O) groups excluding carboxylic acids is 2. The number of benzene rings is 1. The van der Waals surface area contributed by atoms with Crippen molar-refractivity contribution >= 4 is 28.9 Å². The number of aromatic nitrogens is 1. The van der Waals surface area contributed by atoms with Crippen LogP contribution in [0.25, 0.3) is 17.0 Å². The number of rotatable bonds is 1. The molecule has 1 aromatic carbocycles. The topological polar surface area (TPSA) is 57.5 Å². The molecule has 1 fully saturated rings. The van der Waals surface area contributed by atoms with Crippen molar-refractivity contribution in [2.45, 2.75) is 26.6 Å². The number of esters is 2. The predicted molar refractivity (Wildman–Crippen MR) is 81.9 cm³/mol. The number of para-hydroxylation sites is 1. The fraction of sp³-hybridized carbons (Fsp3) is 0.294. The Hall–Kier alpha value is -2.56. The molecule has 5 heteroatoms. The predicted octanol–water partition coefficient (Wildman–Crippen LogP) is 2.71. The summed E-state index contributed by atoms with van der Waals surface area (Å²) in [6, 6.07) is 7.90. The van der Waals surface area contributed by atoms with E-state index in [2.05, 4.69) is 0 Å². The number of fused-ring (bicyclic) bond motifs is 1. The highest BCUT2D eigenvalue weighted by Gasteiger charge is 2.39. The molecular weight excluding hydrogens is 282 g/mol. The first kappa shape index (κ1) is 14.4. The first-order valence-electron chi connectivity index (χ1n) is 7.02. The van der Waals surface area contributed by atoms with Crippen molar-refractivity contribution in [1.82, 2.24) is 4.57 Å². The summed E-state index contributed by atoms with van der Waals surface area (Å²) in [6.45, 7) is 5.02. The van der Waals surface area contributed by atoms with Gasteiger partial charge in [0.1, 0.15) is 5.57 Å². The lowest BCUT2D eigenvalue weighted by Gasteiger charge is -2.29. The Morgan fingerprint density at radius 1 is 1.09 bits per heavy atom. The van der Waals surface area contributed by atoms with Crippen LogP contribution in [0.3, 0.4) is 0 Å². The van der Waals surface area contributed by atoms with E-state index in [0.717, 1.165) is 22.2 Å². The Labute approximate surface area is 128 Å². The van der Waals surface area contributed by atoms with Gasteiger partial charge >= 0.3 is 11.9 Å². The van der Waals surface area contributed by atoms with Gasteiger partial charge < -0.3 is 14.0 Å². The lowest BCUT2D eigenvalue weighted by Crippen LogP contribution is -2.41. The van der Waals surface area contributed by atoms with Crippen LogP contribution >= 0.6 is 0 Å². The average molecular weight is 299 g/mol. The number of carbonyl (C=O) groups is 2. The lowest BCUT2D eigenvalue weighted by atomic mass is 10.1. The van der Waals surface area contributed by atoms with Crippen LogP contribution in [0.5, 0.6) is 0 Å². The minimum absolute atomic E-state index is 0.0895. The number of hydrogen-bond acceptors (Lipinski definition) is 4. The number of aryl methyl sites for hydroxylation is 2. The minimum Gasteiger partial charge on any atom is -0.419 e. The van der Waals surface area contributed by atoms with E-state index < -0.39 is 17.7 Å². The normalized spacial score (nSPS) is 17.4. The van der Waals surface area contributed by atoms with E-state index >= 15 is 0 Å². The summed E-state index contributed by atoms with van der Waals surface area (Å²) in [5.41, 5.74) is 2.72. The van der Waals surface area contributed by atoms with Crippen LogP contribution in [-0.2, 0) is 26.1 Å². The number of cyclic esters (lactones) is 2. The van der Waals surface area contributed by atoms with E-state index in [9.17, 15) is 9.59 Å². The highest BCUT2D eigenvalue weighted by atomic mass is 16.7. The van der Waals surface area contributed by atoms with E-state index in [1.807, 2.05) is 42.8 Å². The SMILES string of the molecule is Cc1c(C=C2C(=O)OC(C)(C)OC2=O)n(C)c2ccccc12. The molecule has 1 aromatic heterocycles. The molecule has 3 rings (SSSR count). The van der Waals surface area contributed by atoms with Crippen LogP contribution in [0, 0.1) is 6.92 Å². The molecule has 0 unspecified atom stereocenters. The molecule has 1 aliphatic heterocycles. The van der Waals surface area contributed by atoms with Gasteiger partial charge in [0.05, 0.1) is 0 Å². The standard InChI is InChI=1S/C17H17NO4/c1-10-11-7-5-6-8-13(11)18(4)14(10)9-12-15(19)21-17(2,3)22-16(12)20/h5-9H,1-4H3. The van der Waals surface area contributed by atoms with Gasteiger partial charge in [-0.3, -0.25) is 0 Å². The third-order valence-corrected chi connectivity index (χ3v) is 3.81. The van der Waals surface area contributed by atoms with Crippen molar-refractivity contribution in [2.24, 2.45) is 7.05 Å². The number of nitrogens with zero attached hydrogens (tertiary/aromatic N) is 1. The zero-order valence-corrected chi connectivity index (χ0v) is 13.0. The third-order valence-electron chi connectivity index (χ3n) is 3.81. The molecule has 0 amide bonds. The smallest absolute Gasteiger partial charge is 0.348 e. The minimum atomic E-state index is -1.22. The fourth-order valence-electron chi connectivity index (χ4n) is 2.72. The highest BCUT2D eigenvalue weighted by molar-refractivity contribution is 6.19. The van der Waals surface area contributed by atoms with Gasteiger partial charge in [-0.1, -0.05) is 18.2 Å². The molecule has 114 valence electrons. The second kappa shape index (κ2) is 4.73. The Morgan fingerprint density at radius 3 is 2.27 bits per heavy atom. The summed E-state index contributed by atoms with van der Waals surface area (Å²) >= 11 is 0. The van der Waals surface area contributed by atoms with Crippen molar-refractivity contribution in [1.29, 1.82) is 0 Å². The molecule has 1 saturated heterocycles. The molecule has 0 spiro atoms. The van der Waals surface area contributed by atoms with Gasteiger partial charge in [-0.2, -0.15) is 0 Å². The second-order valence-electron chi connectivity index (χ2n) is 5.82. The molecule has 1 aliphatic rings. The van der Waals surface area contributed by atoms with Gasteiger partial charge in [0.2, 0.25) is 0 Å². The van der Waals surface area contributed by atoms with Crippen LogP contribution in [0.4, 0.5) is 0 Å². The van der Waals surface area contributed by atoms with Crippen molar-refractivity contribution in [2.75, 3.05) is 0 Å². The van der Waals surface area contributed by atoms with Crippen LogP contribution in [0.1, 0.15) is 25.1 Å². The Morgan fingerprint density at radius 2 is 1.68 bits per heavy atom. The van der Waals surface area contributed by atoms with Crippen LogP contribution in [0.15, 0.2) is 29.8 Å². The van der Waals surface area contributed by atoms with Gasteiger partial charge in [-0.15, -0.1) is 0 Å². The van der Waals surface area contributed by atoms with Crippen LogP contribution < -0.4 is 0 Å². The largest absolute Gasteiger partial charge is 0.419 e. The molecule has 2 heterocycles. The summed E-state index contributed by atoms with van der Waals surface area (Å²) in [7, 11) is 1.89. The molecule has 0 N–H and O–H groups in total. The van der Waals surface area contributed by atoms with E-state index in [-0.39, 0.29) is 5.57 Å². The molecule has 0 aliphatic carbocycles. The molecule has 0 saturated carbocycles. The molecule has 0 radical (unpaired) electrons. The summed E-state index contributed by atoms with van der Waals surface area (Å²) < 4.78 is 12.2. The summed E-state index contributed by atoms with van der Waals surface area (Å²) in [5, 5.41) is 1.08. The third kappa shape index (κ3) is 2.19. The van der Waals surface area contributed by atoms with Crippen molar-refractivity contribution in [3.05, 3.63) is 41.1 Å². The van der Waals surface area contributed by atoms with E-state index in [1.165, 1.54) is 19.9 Å². The monoisotopic (exact) mass is 299 g/mol. The Kier molecular flexibility index (Phi) is 3.09. The molecule has 0 bridgehead atoms. The molecule has 2 aromatic rings. The first-order valence-corrected chi connectivity index (χ1v) is 7.02. The zero-order chi connectivity index (χ0) is 16.1. The van der Waals surface area contributed by atoms with Crippen molar-refractivity contribution < 1.29 is 19.1 Å². The van der Waals surface area contributed by atoms with E-state index in [4.69, 9.17) is 9.47 Å². The number of ether oxygens (including phenoxy) is 2. The van der Waals surface area contributed by atoms with Gasteiger partial charge in [0.15, 0.2) is 0 Å². The molecule has 0 atom stereocenters. The average Bonchev–Trinajstić information content (AvgIpc) is 2.67.